The van der Waals surface area contributed by atoms with Gasteiger partial charge in [-0.05, 0) is 24.6 Å². The number of carbonyl (C=O) groups excluding carboxylic acids is 1. The van der Waals surface area contributed by atoms with E-state index in [1.54, 1.807) is 6.07 Å². The first-order chi connectivity index (χ1) is 9.11. The highest BCUT2D eigenvalue weighted by molar-refractivity contribution is 6.63. The van der Waals surface area contributed by atoms with E-state index in [0.29, 0.717) is 17.8 Å². The van der Waals surface area contributed by atoms with Crippen molar-refractivity contribution in [3.05, 3.63) is 52.3 Å². The molecule has 0 aliphatic heterocycles. The average Bonchev–Trinajstić information content (AvgIpc) is 2.41. The van der Waals surface area contributed by atoms with E-state index in [9.17, 15) is 9.59 Å². The van der Waals surface area contributed by atoms with Gasteiger partial charge in [-0.25, -0.2) is 4.68 Å². The summed E-state index contributed by atoms with van der Waals surface area (Å²) < 4.78 is 1.34. The van der Waals surface area contributed by atoms with Crippen molar-refractivity contribution in [2.75, 3.05) is 0 Å². The molecule has 0 N–H and O–H groups in total. The fourth-order valence-electron chi connectivity index (χ4n) is 1.84. The molecule has 0 amide bonds. The lowest BCUT2D eigenvalue weighted by molar-refractivity contribution is -0.111. The predicted octanol–water partition coefficient (Wildman–Crippen LogP) is 2.24. The van der Waals surface area contributed by atoms with Crippen LogP contribution in [0.25, 0.3) is 11.3 Å². The Hall–Kier alpha value is -1.94. The molecule has 2 rings (SSSR count). The maximum atomic E-state index is 12.0. The summed E-state index contributed by atoms with van der Waals surface area (Å²) in [5.74, 6) is 0. The van der Waals surface area contributed by atoms with Gasteiger partial charge >= 0.3 is 0 Å². The molecule has 0 radical (unpaired) electrons. The molecule has 19 heavy (non-hydrogen) atoms. The van der Waals surface area contributed by atoms with E-state index < -0.39 is 5.24 Å². The third-order valence-corrected chi connectivity index (χ3v) is 2.88. The van der Waals surface area contributed by atoms with Gasteiger partial charge in [0.15, 0.2) is 0 Å². The summed E-state index contributed by atoms with van der Waals surface area (Å²) in [6.45, 7) is 2.28. The maximum Gasteiger partial charge on any atom is 0.270 e. The molecule has 0 saturated heterocycles. The number of hydrogen-bond acceptors (Lipinski definition) is 3. The first-order valence-electron chi connectivity index (χ1n) is 5.96. The van der Waals surface area contributed by atoms with Crippen LogP contribution in [-0.2, 0) is 17.8 Å². The van der Waals surface area contributed by atoms with Crippen LogP contribution in [0.4, 0.5) is 0 Å². The molecule has 0 fully saturated rings. The third kappa shape index (κ3) is 3.09. The first kappa shape index (κ1) is 13.5. The summed E-state index contributed by atoms with van der Waals surface area (Å²) in [5.41, 5.74) is 1.66. The lowest BCUT2D eigenvalue weighted by Crippen LogP contribution is -2.26. The van der Waals surface area contributed by atoms with Gasteiger partial charge in [0, 0.05) is 17.7 Å². The van der Waals surface area contributed by atoms with Crippen molar-refractivity contribution in [3.8, 4) is 11.3 Å². The Bertz CT molecular complexity index is 650. The van der Waals surface area contributed by atoms with Gasteiger partial charge in [0.25, 0.3) is 5.56 Å². The topological polar surface area (TPSA) is 52.0 Å². The number of halogens is 1. The van der Waals surface area contributed by atoms with Crippen LogP contribution >= 0.6 is 11.6 Å². The summed E-state index contributed by atoms with van der Waals surface area (Å²) in [4.78, 5) is 23.0. The molecule has 0 aliphatic carbocycles. The average molecular weight is 277 g/mol. The van der Waals surface area contributed by atoms with E-state index in [0.717, 1.165) is 5.56 Å². The summed E-state index contributed by atoms with van der Waals surface area (Å²) in [6, 6.07) is 11.1. The standard InChI is InChI=1S/C14H13ClN2O2/c1-2-17-14(19)11(9-13(15)18)8-12(16-17)10-6-4-3-5-7-10/h3-8H,2,9H2,1H3. The Labute approximate surface area is 115 Å². The van der Waals surface area contributed by atoms with E-state index in [-0.39, 0.29) is 12.0 Å². The van der Waals surface area contributed by atoms with Gasteiger partial charge in [0.05, 0.1) is 12.1 Å². The lowest BCUT2D eigenvalue weighted by atomic mass is 10.1. The second-order valence-electron chi connectivity index (χ2n) is 4.07. The van der Waals surface area contributed by atoms with Crippen LogP contribution in [0.3, 0.4) is 0 Å². The summed E-state index contributed by atoms with van der Waals surface area (Å²) >= 11 is 5.37. The van der Waals surface area contributed by atoms with Crippen LogP contribution in [0.1, 0.15) is 12.5 Å². The minimum atomic E-state index is -0.551. The molecule has 4 nitrogen and oxygen atoms in total. The van der Waals surface area contributed by atoms with E-state index >= 15 is 0 Å². The van der Waals surface area contributed by atoms with Crippen LogP contribution in [-0.4, -0.2) is 15.0 Å². The van der Waals surface area contributed by atoms with Gasteiger partial charge in [0.1, 0.15) is 0 Å². The molecule has 1 aromatic heterocycles. The van der Waals surface area contributed by atoms with Crippen LogP contribution in [0.2, 0.25) is 0 Å². The number of aromatic nitrogens is 2. The van der Waals surface area contributed by atoms with Crippen molar-refractivity contribution in [2.45, 2.75) is 19.9 Å². The zero-order valence-corrected chi connectivity index (χ0v) is 11.2. The monoisotopic (exact) mass is 276 g/mol. The molecule has 0 atom stereocenters. The highest BCUT2D eigenvalue weighted by Crippen LogP contribution is 2.16. The van der Waals surface area contributed by atoms with Gasteiger partial charge in [0.2, 0.25) is 5.24 Å². The fraction of sp³-hybridized carbons (Fsp3) is 0.214. The number of carbonyl (C=O) groups is 1. The third-order valence-electron chi connectivity index (χ3n) is 2.75. The van der Waals surface area contributed by atoms with E-state index in [4.69, 9.17) is 11.6 Å². The number of hydrogen-bond donors (Lipinski definition) is 0. The molecular weight excluding hydrogens is 264 g/mol. The van der Waals surface area contributed by atoms with Crippen LogP contribution in [0.5, 0.6) is 0 Å². The zero-order valence-electron chi connectivity index (χ0n) is 10.5. The van der Waals surface area contributed by atoms with Gasteiger partial charge in [-0.1, -0.05) is 30.3 Å². The highest BCUT2D eigenvalue weighted by Gasteiger charge is 2.11. The van der Waals surface area contributed by atoms with Crippen molar-refractivity contribution in [2.24, 2.45) is 0 Å². The second kappa shape index (κ2) is 5.80. The van der Waals surface area contributed by atoms with Crippen molar-refractivity contribution in [1.82, 2.24) is 9.78 Å². The quantitative estimate of drug-likeness (QED) is 0.805. The minimum Gasteiger partial charge on any atom is -0.281 e. The molecule has 1 aromatic carbocycles. The Balaban J connectivity index is 2.57. The van der Waals surface area contributed by atoms with Crippen molar-refractivity contribution < 1.29 is 4.79 Å². The number of benzene rings is 1. The molecule has 0 saturated carbocycles. The summed E-state index contributed by atoms with van der Waals surface area (Å²) in [7, 11) is 0. The molecule has 0 aliphatic rings. The Morgan fingerprint density at radius 3 is 2.58 bits per heavy atom. The second-order valence-corrected chi connectivity index (χ2v) is 4.50. The predicted molar refractivity (Wildman–Crippen MR) is 74.2 cm³/mol. The van der Waals surface area contributed by atoms with Gasteiger partial charge in [-0.2, -0.15) is 5.10 Å². The maximum absolute atomic E-state index is 12.0. The highest BCUT2D eigenvalue weighted by atomic mass is 35.5. The van der Waals surface area contributed by atoms with Crippen LogP contribution in [0, 0.1) is 0 Å². The fourth-order valence-corrected chi connectivity index (χ4v) is 1.98. The lowest BCUT2D eigenvalue weighted by Gasteiger charge is -2.08. The van der Waals surface area contributed by atoms with Crippen LogP contribution < -0.4 is 5.56 Å². The van der Waals surface area contributed by atoms with Gasteiger partial charge < -0.3 is 0 Å². The molecule has 2 aromatic rings. The van der Waals surface area contributed by atoms with E-state index in [1.165, 1.54) is 4.68 Å². The molecule has 0 unspecified atom stereocenters. The first-order valence-corrected chi connectivity index (χ1v) is 6.34. The summed E-state index contributed by atoms with van der Waals surface area (Å²) in [6.07, 6.45) is -0.0806. The van der Waals surface area contributed by atoms with Gasteiger partial charge in [-0.3, -0.25) is 9.59 Å². The van der Waals surface area contributed by atoms with E-state index in [2.05, 4.69) is 5.10 Å². The molecule has 1 heterocycles. The largest absolute Gasteiger partial charge is 0.281 e. The Morgan fingerprint density at radius 2 is 2.00 bits per heavy atom. The normalized spacial score (nSPS) is 10.4. The number of rotatable bonds is 4. The van der Waals surface area contributed by atoms with Crippen LogP contribution in [0.15, 0.2) is 41.2 Å². The Kier molecular flexibility index (Phi) is 4.12. The Morgan fingerprint density at radius 1 is 1.32 bits per heavy atom. The van der Waals surface area contributed by atoms with Crippen molar-refractivity contribution in [1.29, 1.82) is 0 Å². The van der Waals surface area contributed by atoms with Crippen molar-refractivity contribution in [3.63, 3.8) is 0 Å². The smallest absolute Gasteiger partial charge is 0.270 e. The molecular formula is C14H13ClN2O2. The number of aryl methyl sites for hydroxylation is 1. The van der Waals surface area contributed by atoms with E-state index in [1.807, 2.05) is 37.3 Å². The molecule has 98 valence electrons. The SMILES string of the molecule is CCn1nc(-c2ccccc2)cc(CC(=O)Cl)c1=O. The summed E-state index contributed by atoms with van der Waals surface area (Å²) in [5, 5.41) is 3.73. The van der Waals surface area contributed by atoms with Crippen molar-refractivity contribution >= 4 is 16.8 Å². The molecule has 0 bridgehead atoms. The number of nitrogens with zero attached hydrogens (tertiary/aromatic N) is 2. The zero-order chi connectivity index (χ0) is 13.8. The molecule has 0 spiro atoms. The van der Waals surface area contributed by atoms with Gasteiger partial charge in [-0.15, -0.1) is 0 Å². The minimum absolute atomic E-state index is 0.0806. The molecule has 5 heteroatoms.